The molecule has 70 valence electrons. The fourth-order valence-electron chi connectivity index (χ4n) is 1.13. The van der Waals surface area contributed by atoms with Crippen LogP contribution in [0, 0.1) is 11.3 Å². The number of oxazole rings is 1. The number of fused-ring (bicyclic) bond motifs is 1. The van der Waals surface area contributed by atoms with Crippen LogP contribution in [0.3, 0.4) is 0 Å². The largest absolute Gasteiger partial charge is 0.479 e. The van der Waals surface area contributed by atoms with Crippen LogP contribution in [-0.2, 0) is 0 Å². The van der Waals surface area contributed by atoms with Crippen molar-refractivity contribution in [2.45, 2.75) is 0 Å². The lowest BCUT2D eigenvalue weighted by molar-refractivity contribution is 0.368. The molecule has 0 atom stereocenters. The van der Waals surface area contributed by atoms with E-state index in [2.05, 4.69) is 4.98 Å². The zero-order chi connectivity index (χ0) is 9.97. The standard InChI is InChI=1S/C9H7N3O2/c10-3-4-13-6-1-2-8-7(5-6)12-9(11)14-8/h1-2,5H,4H2,(H2,11,12). The minimum Gasteiger partial charge on any atom is -0.479 e. The Morgan fingerprint density at radius 3 is 3.21 bits per heavy atom. The Morgan fingerprint density at radius 2 is 2.43 bits per heavy atom. The molecule has 0 aliphatic rings. The lowest BCUT2D eigenvalue weighted by Gasteiger charge is -1.98. The molecule has 2 aromatic rings. The highest BCUT2D eigenvalue weighted by Crippen LogP contribution is 2.21. The Hall–Kier alpha value is -2.22. The van der Waals surface area contributed by atoms with E-state index in [0.717, 1.165) is 0 Å². The third-order valence-corrected chi connectivity index (χ3v) is 1.68. The molecule has 1 heterocycles. The van der Waals surface area contributed by atoms with Crippen LogP contribution in [0.25, 0.3) is 11.1 Å². The van der Waals surface area contributed by atoms with Crippen LogP contribution in [0.5, 0.6) is 5.75 Å². The summed E-state index contributed by atoms with van der Waals surface area (Å²) in [5.74, 6) is 0.576. The number of anilines is 1. The molecule has 0 saturated carbocycles. The second-order valence-corrected chi connectivity index (χ2v) is 2.63. The molecular weight excluding hydrogens is 182 g/mol. The first-order valence-corrected chi connectivity index (χ1v) is 3.95. The van der Waals surface area contributed by atoms with Gasteiger partial charge < -0.3 is 14.9 Å². The molecule has 1 aromatic heterocycles. The van der Waals surface area contributed by atoms with Crippen LogP contribution >= 0.6 is 0 Å². The fraction of sp³-hybridized carbons (Fsp3) is 0.111. The van der Waals surface area contributed by atoms with Gasteiger partial charge in [-0.25, -0.2) is 0 Å². The number of ether oxygens (including phenoxy) is 1. The van der Waals surface area contributed by atoms with Gasteiger partial charge in [0.05, 0.1) is 0 Å². The number of nitrogens with two attached hydrogens (primary N) is 1. The van der Waals surface area contributed by atoms with Gasteiger partial charge in [-0.15, -0.1) is 0 Å². The normalized spacial score (nSPS) is 9.93. The van der Waals surface area contributed by atoms with Crippen molar-refractivity contribution in [1.82, 2.24) is 4.98 Å². The summed E-state index contributed by atoms with van der Waals surface area (Å²) in [7, 11) is 0. The van der Waals surface area contributed by atoms with Gasteiger partial charge in [-0.05, 0) is 12.1 Å². The van der Waals surface area contributed by atoms with Gasteiger partial charge >= 0.3 is 0 Å². The van der Waals surface area contributed by atoms with E-state index >= 15 is 0 Å². The molecule has 0 saturated heterocycles. The Labute approximate surface area is 79.7 Å². The fourth-order valence-corrected chi connectivity index (χ4v) is 1.13. The van der Waals surface area contributed by atoms with Crippen LogP contribution < -0.4 is 10.5 Å². The van der Waals surface area contributed by atoms with Crippen molar-refractivity contribution in [1.29, 1.82) is 5.26 Å². The summed E-state index contributed by atoms with van der Waals surface area (Å²) >= 11 is 0. The van der Waals surface area contributed by atoms with E-state index in [9.17, 15) is 0 Å². The van der Waals surface area contributed by atoms with E-state index in [1.54, 1.807) is 18.2 Å². The zero-order valence-corrected chi connectivity index (χ0v) is 7.23. The molecule has 0 spiro atoms. The molecular formula is C9H7N3O2. The van der Waals surface area contributed by atoms with Crippen molar-refractivity contribution < 1.29 is 9.15 Å². The molecule has 2 N–H and O–H groups in total. The number of benzene rings is 1. The Morgan fingerprint density at radius 1 is 1.57 bits per heavy atom. The number of nitrogen functional groups attached to an aromatic ring is 1. The van der Waals surface area contributed by atoms with Crippen LogP contribution in [0.15, 0.2) is 22.6 Å². The summed E-state index contributed by atoms with van der Waals surface area (Å²) in [6.07, 6.45) is 0. The monoisotopic (exact) mass is 189 g/mol. The van der Waals surface area contributed by atoms with Gasteiger partial charge in [0.25, 0.3) is 6.01 Å². The third-order valence-electron chi connectivity index (χ3n) is 1.68. The Kier molecular flexibility index (Phi) is 1.95. The lowest BCUT2D eigenvalue weighted by atomic mass is 10.3. The summed E-state index contributed by atoms with van der Waals surface area (Å²) in [6, 6.07) is 7.07. The number of hydrogen-bond donors (Lipinski definition) is 1. The number of aromatic nitrogens is 1. The molecule has 0 fully saturated rings. The predicted octanol–water partition coefficient (Wildman–Crippen LogP) is 1.31. The minimum absolute atomic E-state index is 0.0127. The number of nitrogens with zero attached hydrogens (tertiary/aromatic N) is 2. The van der Waals surface area contributed by atoms with Gasteiger partial charge in [-0.1, -0.05) is 0 Å². The maximum atomic E-state index is 8.32. The average molecular weight is 189 g/mol. The van der Waals surface area contributed by atoms with E-state index < -0.39 is 0 Å². The van der Waals surface area contributed by atoms with E-state index in [4.69, 9.17) is 20.1 Å². The molecule has 0 unspecified atom stereocenters. The number of nitriles is 1. The molecule has 0 aliphatic carbocycles. The van der Waals surface area contributed by atoms with Crippen molar-refractivity contribution in [3.8, 4) is 11.8 Å². The maximum Gasteiger partial charge on any atom is 0.292 e. The topological polar surface area (TPSA) is 85.1 Å². The SMILES string of the molecule is N#CCOc1ccc2oc(N)nc2c1. The van der Waals surface area contributed by atoms with Crippen molar-refractivity contribution in [2.75, 3.05) is 12.3 Å². The van der Waals surface area contributed by atoms with Crippen LogP contribution in [0.1, 0.15) is 0 Å². The summed E-state index contributed by atoms with van der Waals surface area (Å²) in [5.41, 5.74) is 6.60. The van der Waals surface area contributed by atoms with Gasteiger partial charge in [-0.2, -0.15) is 10.2 Å². The van der Waals surface area contributed by atoms with Crippen molar-refractivity contribution >= 4 is 17.1 Å². The Balaban J connectivity index is 2.36. The van der Waals surface area contributed by atoms with E-state index in [1.165, 1.54) is 0 Å². The first kappa shape index (κ1) is 8.38. The molecule has 5 nitrogen and oxygen atoms in total. The first-order valence-electron chi connectivity index (χ1n) is 3.95. The van der Waals surface area contributed by atoms with Gasteiger partial charge in [0, 0.05) is 6.07 Å². The Bertz CT molecular complexity index is 498. The molecule has 0 aliphatic heterocycles. The average Bonchev–Trinajstić information content (AvgIpc) is 2.54. The van der Waals surface area contributed by atoms with E-state index in [1.807, 2.05) is 6.07 Å². The summed E-state index contributed by atoms with van der Waals surface area (Å²) in [6.45, 7) is 0.0127. The molecule has 1 aromatic carbocycles. The van der Waals surface area contributed by atoms with Crippen LogP contribution in [0.4, 0.5) is 6.01 Å². The highest BCUT2D eigenvalue weighted by Gasteiger charge is 2.03. The van der Waals surface area contributed by atoms with Crippen LogP contribution in [-0.4, -0.2) is 11.6 Å². The number of hydrogen-bond acceptors (Lipinski definition) is 5. The zero-order valence-electron chi connectivity index (χ0n) is 7.23. The molecule has 0 amide bonds. The second kappa shape index (κ2) is 3.26. The van der Waals surface area contributed by atoms with Gasteiger partial charge in [0.15, 0.2) is 12.2 Å². The summed E-state index contributed by atoms with van der Waals surface area (Å²) in [4.78, 5) is 3.93. The van der Waals surface area contributed by atoms with Gasteiger partial charge in [-0.3, -0.25) is 0 Å². The highest BCUT2D eigenvalue weighted by atomic mass is 16.5. The maximum absolute atomic E-state index is 8.32. The van der Waals surface area contributed by atoms with E-state index in [0.29, 0.717) is 16.8 Å². The van der Waals surface area contributed by atoms with Crippen molar-refractivity contribution in [3.05, 3.63) is 18.2 Å². The van der Waals surface area contributed by atoms with Gasteiger partial charge in [0.2, 0.25) is 0 Å². The van der Waals surface area contributed by atoms with E-state index in [-0.39, 0.29) is 12.6 Å². The quantitative estimate of drug-likeness (QED) is 0.769. The van der Waals surface area contributed by atoms with Crippen molar-refractivity contribution in [2.24, 2.45) is 0 Å². The number of rotatable bonds is 2. The molecule has 5 heteroatoms. The molecule has 2 rings (SSSR count). The smallest absolute Gasteiger partial charge is 0.292 e. The minimum atomic E-state index is 0.0127. The second-order valence-electron chi connectivity index (χ2n) is 2.63. The first-order chi connectivity index (χ1) is 6.79. The predicted molar refractivity (Wildman–Crippen MR) is 49.5 cm³/mol. The summed E-state index contributed by atoms with van der Waals surface area (Å²) < 4.78 is 10.2. The van der Waals surface area contributed by atoms with Crippen LogP contribution in [0.2, 0.25) is 0 Å². The molecule has 14 heavy (non-hydrogen) atoms. The lowest BCUT2D eigenvalue weighted by Crippen LogP contribution is -1.92. The summed E-state index contributed by atoms with van der Waals surface area (Å²) in [5, 5.41) is 8.32. The molecule has 0 bridgehead atoms. The van der Waals surface area contributed by atoms with Crippen molar-refractivity contribution in [3.63, 3.8) is 0 Å². The third kappa shape index (κ3) is 1.45. The highest BCUT2D eigenvalue weighted by molar-refractivity contribution is 5.75. The van der Waals surface area contributed by atoms with Gasteiger partial charge in [0.1, 0.15) is 17.3 Å². The molecule has 0 radical (unpaired) electrons.